The Hall–Kier alpha value is -2.36. The average molecular weight is 354 g/mol. The van der Waals surface area contributed by atoms with E-state index in [0.29, 0.717) is 17.7 Å². The molecule has 0 radical (unpaired) electrons. The zero-order chi connectivity index (χ0) is 16.8. The molecule has 1 aromatic heterocycles. The summed E-state index contributed by atoms with van der Waals surface area (Å²) in [4.78, 5) is 16.3. The van der Waals surface area contributed by atoms with Crippen molar-refractivity contribution in [3.63, 3.8) is 0 Å². The number of fused-ring (bicyclic) bond motifs is 1. The van der Waals surface area contributed by atoms with Gasteiger partial charge in [0, 0.05) is 5.75 Å². The van der Waals surface area contributed by atoms with Crippen molar-refractivity contribution in [2.45, 2.75) is 17.4 Å². The van der Waals surface area contributed by atoms with Crippen molar-refractivity contribution >= 4 is 39.3 Å². The molecule has 0 spiro atoms. The number of thioether (sulfide) groups is 1. The Morgan fingerprint density at radius 3 is 2.75 bits per heavy atom. The molecule has 0 N–H and O–H groups in total. The van der Waals surface area contributed by atoms with E-state index in [1.54, 1.807) is 47.4 Å². The van der Waals surface area contributed by atoms with Crippen molar-refractivity contribution in [3.05, 3.63) is 59.7 Å². The standard InChI is InChI=1S/C18H14N2O2S2/c19-11-13-5-7-14(8-6-13)12-22-17(21)9-10-23-18-20-15-3-1-2-4-16(15)24-18/h1-8H,9-10,12H2. The van der Waals surface area contributed by atoms with Crippen LogP contribution in [0.2, 0.25) is 0 Å². The van der Waals surface area contributed by atoms with Gasteiger partial charge in [-0.25, -0.2) is 4.98 Å². The molecule has 0 fully saturated rings. The molecule has 2 aromatic carbocycles. The first-order valence-electron chi connectivity index (χ1n) is 7.37. The second-order valence-electron chi connectivity index (χ2n) is 5.02. The van der Waals surface area contributed by atoms with E-state index in [2.05, 4.69) is 11.1 Å². The Morgan fingerprint density at radius 1 is 1.21 bits per heavy atom. The Balaban J connectivity index is 1.42. The molecular weight excluding hydrogens is 340 g/mol. The number of carbonyl (C=O) groups is 1. The molecule has 0 aliphatic carbocycles. The van der Waals surface area contributed by atoms with Crippen LogP contribution in [0.3, 0.4) is 0 Å². The van der Waals surface area contributed by atoms with Gasteiger partial charge in [-0.1, -0.05) is 36.0 Å². The molecule has 0 bridgehead atoms. The summed E-state index contributed by atoms with van der Waals surface area (Å²) in [5, 5.41) is 8.74. The molecule has 1 heterocycles. The van der Waals surface area contributed by atoms with E-state index < -0.39 is 0 Å². The second-order valence-corrected chi connectivity index (χ2v) is 7.39. The zero-order valence-corrected chi connectivity index (χ0v) is 14.4. The van der Waals surface area contributed by atoms with Crippen molar-refractivity contribution in [3.8, 4) is 6.07 Å². The highest BCUT2D eigenvalue weighted by Crippen LogP contribution is 2.29. The van der Waals surface area contributed by atoms with Crippen molar-refractivity contribution in [2.24, 2.45) is 0 Å². The quantitative estimate of drug-likeness (QED) is 0.485. The molecule has 3 aromatic rings. The number of rotatable bonds is 6. The molecule has 0 aliphatic heterocycles. The molecule has 0 aliphatic rings. The Kier molecular flexibility index (Phi) is 5.47. The van der Waals surface area contributed by atoms with Gasteiger partial charge in [0.15, 0.2) is 4.34 Å². The molecule has 0 amide bonds. The van der Waals surface area contributed by atoms with Crippen LogP contribution < -0.4 is 0 Å². The minimum absolute atomic E-state index is 0.229. The van der Waals surface area contributed by atoms with Crippen LogP contribution in [0.4, 0.5) is 0 Å². The van der Waals surface area contributed by atoms with E-state index in [1.807, 2.05) is 24.3 Å². The van der Waals surface area contributed by atoms with Crippen LogP contribution in [-0.4, -0.2) is 16.7 Å². The summed E-state index contributed by atoms with van der Waals surface area (Å²) in [5.74, 6) is 0.416. The van der Waals surface area contributed by atoms with E-state index >= 15 is 0 Å². The fraction of sp³-hybridized carbons (Fsp3) is 0.167. The third kappa shape index (κ3) is 4.34. The van der Waals surface area contributed by atoms with Crippen LogP contribution in [-0.2, 0) is 16.1 Å². The van der Waals surface area contributed by atoms with Crippen LogP contribution in [0.25, 0.3) is 10.2 Å². The van der Waals surface area contributed by atoms with Gasteiger partial charge in [0.05, 0.1) is 28.3 Å². The number of nitrogens with zero attached hydrogens (tertiary/aromatic N) is 2. The smallest absolute Gasteiger partial charge is 0.306 e. The predicted molar refractivity (Wildman–Crippen MR) is 95.9 cm³/mol. The molecule has 3 rings (SSSR count). The maximum absolute atomic E-state index is 11.8. The lowest BCUT2D eigenvalue weighted by atomic mass is 10.2. The Bertz CT molecular complexity index is 849. The van der Waals surface area contributed by atoms with E-state index in [0.717, 1.165) is 20.1 Å². The lowest BCUT2D eigenvalue weighted by Gasteiger charge is -2.04. The van der Waals surface area contributed by atoms with Crippen LogP contribution in [0.5, 0.6) is 0 Å². The summed E-state index contributed by atoms with van der Waals surface area (Å²) in [6, 6.07) is 17.1. The molecule has 6 heteroatoms. The molecule has 0 atom stereocenters. The Morgan fingerprint density at radius 2 is 2.00 bits per heavy atom. The molecule has 24 heavy (non-hydrogen) atoms. The summed E-state index contributed by atoms with van der Waals surface area (Å²) in [7, 11) is 0. The number of ether oxygens (including phenoxy) is 1. The lowest BCUT2D eigenvalue weighted by molar-refractivity contribution is -0.144. The van der Waals surface area contributed by atoms with Crippen molar-refractivity contribution in [1.29, 1.82) is 5.26 Å². The van der Waals surface area contributed by atoms with Gasteiger partial charge >= 0.3 is 5.97 Å². The molecule has 0 saturated heterocycles. The van der Waals surface area contributed by atoms with Crippen LogP contribution in [0.1, 0.15) is 17.5 Å². The minimum Gasteiger partial charge on any atom is -0.461 e. The van der Waals surface area contributed by atoms with Crippen LogP contribution >= 0.6 is 23.1 Å². The maximum atomic E-state index is 11.8. The number of para-hydroxylation sites is 1. The fourth-order valence-electron chi connectivity index (χ4n) is 2.05. The van der Waals surface area contributed by atoms with Gasteiger partial charge in [0.2, 0.25) is 0 Å². The molecule has 0 unspecified atom stereocenters. The highest BCUT2D eigenvalue weighted by Gasteiger charge is 2.07. The highest BCUT2D eigenvalue weighted by molar-refractivity contribution is 8.01. The number of thiazole rings is 1. The normalized spacial score (nSPS) is 10.5. The number of aromatic nitrogens is 1. The van der Waals surface area contributed by atoms with Crippen molar-refractivity contribution in [1.82, 2.24) is 4.98 Å². The van der Waals surface area contributed by atoms with Gasteiger partial charge in [-0.3, -0.25) is 4.79 Å². The first-order valence-corrected chi connectivity index (χ1v) is 9.18. The zero-order valence-electron chi connectivity index (χ0n) is 12.8. The van der Waals surface area contributed by atoms with Crippen LogP contribution in [0.15, 0.2) is 52.9 Å². The third-order valence-corrected chi connectivity index (χ3v) is 5.47. The number of hydrogen-bond donors (Lipinski definition) is 0. The average Bonchev–Trinajstić information content (AvgIpc) is 3.03. The number of nitriles is 1. The summed E-state index contributed by atoms with van der Waals surface area (Å²) < 4.78 is 7.37. The fourth-order valence-corrected chi connectivity index (χ4v) is 4.10. The first kappa shape index (κ1) is 16.5. The monoisotopic (exact) mass is 354 g/mol. The predicted octanol–water partition coefficient (Wildman–Crippen LogP) is 4.39. The van der Waals surface area contributed by atoms with E-state index in [-0.39, 0.29) is 12.6 Å². The van der Waals surface area contributed by atoms with Gasteiger partial charge in [0.1, 0.15) is 6.61 Å². The third-order valence-electron chi connectivity index (χ3n) is 3.29. The van der Waals surface area contributed by atoms with Gasteiger partial charge in [0.25, 0.3) is 0 Å². The lowest BCUT2D eigenvalue weighted by Crippen LogP contribution is -2.05. The van der Waals surface area contributed by atoms with Gasteiger partial charge in [-0.2, -0.15) is 5.26 Å². The largest absolute Gasteiger partial charge is 0.461 e. The van der Waals surface area contributed by atoms with Crippen molar-refractivity contribution < 1.29 is 9.53 Å². The molecule has 0 saturated carbocycles. The number of hydrogen-bond acceptors (Lipinski definition) is 6. The van der Waals surface area contributed by atoms with Gasteiger partial charge in [-0.05, 0) is 29.8 Å². The first-order chi connectivity index (χ1) is 11.7. The topological polar surface area (TPSA) is 63.0 Å². The SMILES string of the molecule is N#Cc1ccc(COC(=O)CCSc2nc3ccccc3s2)cc1. The van der Waals surface area contributed by atoms with E-state index in [4.69, 9.17) is 10.00 Å². The summed E-state index contributed by atoms with van der Waals surface area (Å²) in [6.45, 7) is 0.232. The maximum Gasteiger partial charge on any atom is 0.306 e. The number of esters is 1. The van der Waals surface area contributed by atoms with E-state index in [1.165, 1.54) is 0 Å². The minimum atomic E-state index is -0.229. The molecular formula is C18H14N2O2S2. The number of carbonyl (C=O) groups excluding carboxylic acids is 1. The van der Waals surface area contributed by atoms with E-state index in [9.17, 15) is 4.79 Å². The van der Waals surface area contributed by atoms with Crippen LogP contribution in [0, 0.1) is 11.3 Å². The van der Waals surface area contributed by atoms with Crippen molar-refractivity contribution in [2.75, 3.05) is 5.75 Å². The second kappa shape index (κ2) is 7.95. The summed E-state index contributed by atoms with van der Waals surface area (Å²) in [5.41, 5.74) is 2.46. The highest BCUT2D eigenvalue weighted by atomic mass is 32.2. The molecule has 4 nitrogen and oxygen atoms in total. The summed E-state index contributed by atoms with van der Waals surface area (Å²) >= 11 is 3.21. The molecule has 120 valence electrons. The number of benzene rings is 2. The Labute approximate surface area is 148 Å². The summed E-state index contributed by atoms with van der Waals surface area (Å²) in [6.07, 6.45) is 0.344. The van der Waals surface area contributed by atoms with Gasteiger partial charge in [-0.15, -0.1) is 11.3 Å². The van der Waals surface area contributed by atoms with Gasteiger partial charge < -0.3 is 4.74 Å².